The number of ether oxygens (including phenoxy) is 1. The molecule has 8 nitrogen and oxygen atoms in total. The molecule has 2 amide bonds. The predicted octanol–water partition coefficient (Wildman–Crippen LogP) is 1.84. The molecule has 1 heterocycles. The average Bonchev–Trinajstić information content (AvgIpc) is 3.17. The summed E-state index contributed by atoms with van der Waals surface area (Å²) in [6.07, 6.45) is 0.289. The third-order valence-corrected chi connectivity index (χ3v) is 3.32. The molecule has 2 N–H and O–H groups in total. The van der Waals surface area contributed by atoms with Crippen molar-refractivity contribution in [3.05, 3.63) is 54.0 Å². The van der Waals surface area contributed by atoms with Gasteiger partial charge in [-0.3, -0.25) is 14.4 Å². The Balaban J connectivity index is 1.72. The van der Waals surface area contributed by atoms with E-state index < -0.39 is 23.9 Å². The molecule has 134 valence electrons. The van der Waals surface area contributed by atoms with Crippen LogP contribution in [0.2, 0.25) is 0 Å². The maximum Gasteiger partial charge on any atom is 0.308 e. The molecule has 8 heteroatoms. The molecule has 2 rings (SSSR count). The SMILES string of the molecule is C[C@H](OC(=O)CCNC(=O)c1ccco1)C(=O)Nc1ccc(C#N)cc1. The van der Waals surface area contributed by atoms with Crippen molar-refractivity contribution in [1.29, 1.82) is 5.26 Å². The molecule has 0 aliphatic carbocycles. The molecule has 0 spiro atoms. The fraction of sp³-hybridized carbons (Fsp3) is 0.222. The molecule has 26 heavy (non-hydrogen) atoms. The Labute approximate surface area is 149 Å². The Bertz CT molecular complexity index is 806. The van der Waals surface area contributed by atoms with E-state index in [2.05, 4.69) is 10.6 Å². The summed E-state index contributed by atoms with van der Waals surface area (Å²) in [5.41, 5.74) is 0.960. The molecule has 1 aromatic carbocycles. The van der Waals surface area contributed by atoms with Crippen molar-refractivity contribution in [3.63, 3.8) is 0 Å². The van der Waals surface area contributed by atoms with Gasteiger partial charge in [-0.05, 0) is 43.3 Å². The molecular formula is C18H17N3O5. The van der Waals surface area contributed by atoms with Gasteiger partial charge >= 0.3 is 5.97 Å². The average molecular weight is 355 g/mol. The highest BCUT2D eigenvalue weighted by atomic mass is 16.5. The van der Waals surface area contributed by atoms with Crippen LogP contribution in [0.4, 0.5) is 5.69 Å². The molecule has 1 aromatic heterocycles. The number of esters is 1. The number of nitrogens with zero attached hydrogens (tertiary/aromatic N) is 1. The number of nitrogens with one attached hydrogen (secondary N) is 2. The quantitative estimate of drug-likeness (QED) is 0.731. The summed E-state index contributed by atoms with van der Waals surface area (Å²) in [5, 5.41) is 13.8. The topological polar surface area (TPSA) is 121 Å². The van der Waals surface area contributed by atoms with Crippen LogP contribution in [-0.4, -0.2) is 30.4 Å². The lowest BCUT2D eigenvalue weighted by Crippen LogP contribution is -2.32. The summed E-state index contributed by atoms with van der Waals surface area (Å²) in [7, 11) is 0. The summed E-state index contributed by atoms with van der Waals surface area (Å²) in [6.45, 7) is 1.50. The molecule has 0 saturated carbocycles. The first-order valence-corrected chi connectivity index (χ1v) is 7.82. The summed E-state index contributed by atoms with van der Waals surface area (Å²) in [6, 6.07) is 11.3. The van der Waals surface area contributed by atoms with E-state index in [-0.39, 0.29) is 18.7 Å². The number of furan rings is 1. The number of benzene rings is 1. The normalized spacial score (nSPS) is 11.1. The van der Waals surface area contributed by atoms with Crippen LogP contribution in [0.1, 0.15) is 29.5 Å². The fourth-order valence-corrected chi connectivity index (χ4v) is 1.95. The van der Waals surface area contributed by atoms with Gasteiger partial charge in [0.2, 0.25) is 0 Å². The predicted molar refractivity (Wildman–Crippen MR) is 91.0 cm³/mol. The fourth-order valence-electron chi connectivity index (χ4n) is 1.95. The zero-order valence-electron chi connectivity index (χ0n) is 14.0. The second kappa shape index (κ2) is 9.03. The highest BCUT2D eigenvalue weighted by Gasteiger charge is 2.18. The van der Waals surface area contributed by atoms with Gasteiger partial charge in [0.05, 0.1) is 24.3 Å². The number of anilines is 1. The zero-order valence-corrected chi connectivity index (χ0v) is 14.0. The summed E-state index contributed by atoms with van der Waals surface area (Å²) >= 11 is 0. The minimum absolute atomic E-state index is 0.0579. The van der Waals surface area contributed by atoms with Crippen LogP contribution in [0.15, 0.2) is 47.1 Å². The van der Waals surface area contributed by atoms with E-state index in [0.29, 0.717) is 11.3 Å². The van der Waals surface area contributed by atoms with Gasteiger partial charge in [-0.2, -0.15) is 5.26 Å². The van der Waals surface area contributed by atoms with Crippen molar-refractivity contribution in [3.8, 4) is 6.07 Å². The van der Waals surface area contributed by atoms with Crippen LogP contribution in [0.25, 0.3) is 0 Å². The zero-order chi connectivity index (χ0) is 18.9. The van der Waals surface area contributed by atoms with Gasteiger partial charge in [0, 0.05) is 12.2 Å². The molecule has 0 fully saturated rings. The molecule has 2 aromatic rings. The van der Waals surface area contributed by atoms with Crippen LogP contribution >= 0.6 is 0 Å². The summed E-state index contributed by atoms with van der Waals surface area (Å²) in [5.74, 6) is -1.40. The van der Waals surface area contributed by atoms with E-state index in [4.69, 9.17) is 14.4 Å². The largest absolute Gasteiger partial charge is 0.459 e. The first-order valence-electron chi connectivity index (χ1n) is 7.82. The van der Waals surface area contributed by atoms with Gasteiger partial charge < -0.3 is 19.8 Å². The minimum atomic E-state index is -1.00. The lowest BCUT2D eigenvalue weighted by Gasteiger charge is -2.13. The second-order valence-electron chi connectivity index (χ2n) is 5.29. The van der Waals surface area contributed by atoms with Crippen LogP contribution in [-0.2, 0) is 14.3 Å². The van der Waals surface area contributed by atoms with E-state index >= 15 is 0 Å². The lowest BCUT2D eigenvalue weighted by molar-refractivity contribution is -0.153. The number of nitriles is 1. The standard InChI is InChI=1S/C18H17N3O5/c1-12(17(23)21-14-6-4-13(11-19)5-7-14)26-16(22)8-9-20-18(24)15-3-2-10-25-15/h2-7,10,12H,8-9H2,1H3,(H,20,24)(H,21,23)/t12-/m0/s1. The molecule has 0 radical (unpaired) electrons. The third kappa shape index (κ3) is 5.49. The monoisotopic (exact) mass is 355 g/mol. The highest BCUT2D eigenvalue weighted by molar-refractivity contribution is 5.95. The van der Waals surface area contributed by atoms with Gasteiger partial charge in [0.1, 0.15) is 0 Å². The van der Waals surface area contributed by atoms with Crippen molar-refractivity contribution < 1.29 is 23.5 Å². The smallest absolute Gasteiger partial charge is 0.308 e. The molecule has 0 bridgehead atoms. The van der Waals surface area contributed by atoms with Gasteiger partial charge in [0.25, 0.3) is 11.8 Å². The number of hydrogen-bond acceptors (Lipinski definition) is 6. The van der Waals surface area contributed by atoms with E-state index in [9.17, 15) is 14.4 Å². The number of carbonyl (C=O) groups is 3. The second-order valence-corrected chi connectivity index (χ2v) is 5.29. The van der Waals surface area contributed by atoms with Crippen LogP contribution in [0, 0.1) is 11.3 Å². The Hall–Kier alpha value is -3.60. The maximum absolute atomic E-state index is 12.0. The molecular weight excluding hydrogens is 338 g/mol. The van der Waals surface area contributed by atoms with Gasteiger partial charge in [-0.25, -0.2) is 0 Å². The van der Waals surface area contributed by atoms with E-state index in [0.717, 1.165) is 0 Å². The summed E-state index contributed by atoms with van der Waals surface area (Å²) in [4.78, 5) is 35.4. The highest BCUT2D eigenvalue weighted by Crippen LogP contribution is 2.10. The van der Waals surface area contributed by atoms with Crippen molar-refractivity contribution >= 4 is 23.5 Å². The third-order valence-electron chi connectivity index (χ3n) is 3.32. The van der Waals surface area contributed by atoms with Gasteiger partial charge in [-0.1, -0.05) is 0 Å². The Morgan fingerprint density at radius 1 is 1.23 bits per heavy atom. The van der Waals surface area contributed by atoms with Crippen molar-refractivity contribution in [1.82, 2.24) is 5.32 Å². The number of carbonyl (C=O) groups excluding carboxylic acids is 3. The first kappa shape index (κ1) is 18.7. The van der Waals surface area contributed by atoms with Crippen molar-refractivity contribution in [2.45, 2.75) is 19.4 Å². The molecule has 0 unspecified atom stereocenters. The minimum Gasteiger partial charge on any atom is -0.459 e. The van der Waals surface area contributed by atoms with Gasteiger partial charge in [-0.15, -0.1) is 0 Å². The first-order chi connectivity index (χ1) is 12.5. The van der Waals surface area contributed by atoms with Crippen molar-refractivity contribution in [2.75, 3.05) is 11.9 Å². The number of rotatable bonds is 7. The lowest BCUT2D eigenvalue weighted by atomic mass is 10.2. The Morgan fingerprint density at radius 2 is 1.96 bits per heavy atom. The van der Waals surface area contributed by atoms with Crippen molar-refractivity contribution in [2.24, 2.45) is 0 Å². The number of amides is 2. The Kier molecular flexibility index (Phi) is 6.51. The Morgan fingerprint density at radius 3 is 2.58 bits per heavy atom. The molecule has 0 saturated heterocycles. The van der Waals surface area contributed by atoms with E-state index in [1.54, 1.807) is 30.3 Å². The molecule has 0 aliphatic heterocycles. The van der Waals surface area contributed by atoms with Crippen LogP contribution in [0.3, 0.4) is 0 Å². The van der Waals surface area contributed by atoms with E-state index in [1.807, 2.05) is 6.07 Å². The van der Waals surface area contributed by atoms with Crippen LogP contribution in [0.5, 0.6) is 0 Å². The molecule has 0 aliphatic rings. The van der Waals surface area contributed by atoms with E-state index in [1.165, 1.54) is 19.3 Å². The number of hydrogen-bond donors (Lipinski definition) is 2. The van der Waals surface area contributed by atoms with Gasteiger partial charge in [0.15, 0.2) is 11.9 Å². The molecule has 1 atom stereocenters. The summed E-state index contributed by atoms with van der Waals surface area (Å²) < 4.78 is 9.94. The van der Waals surface area contributed by atoms with Crippen LogP contribution < -0.4 is 10.6 Å². The maximum atomic E-state index is 12.0.